The Morgan fingerprint density at radius 2 is 2.20 bits per heavy atom. The molecule has 0 spiro atoms. The van der Waals surface area contributed by atoms with Crippen LogP contribution in [0, 0.1) is 0 Å². The van der Waals surface area contributed by atoms with Gasteiger partial charge in [-0.3, -0.25) is 9.36 Å². The number of nitrogens with zero attached hydrogens (tertiary/aromatic N) is 4. The Morgan fingerprint density at radius 3 is 2.97 bits per heavy atom. The van der Waals surface area contributed by atoms with E-state index in [9.17, 15) is 9.90 Å². The number of fused-ring (bicyclic) bond motifs is 1. The third-order valence-electron chi connectivity index (χ3n) is 5.04. The molecule has 1 fully saturated rings. The number of imidazole rings is 1. The summed E-state index contributed by atoms with van der Waals surface area (Å²) >= 11 is 12.2. The molecule has 1 aromatic carbocycles. The first kappa shape index (κ1) is 20.8. The maximum absolute atomic E-state index is 12.0. The Balaban J connectivity index is 1.64. The highest BCUT2D eigenvalue weighted by Crippen LogP contribution is 2.32. The number of nitrogens with two attached hydrogens (primary N) is 1. The molecule has 10 nitrogen and oxygen atoms in total. The number of carbonyl (C=O) groups is 1. The second-order valence-corrected chi connectivity index (χ2v) is 7.69. The van der Waals surface area contributed by atoms with Gasteiger partial charge < -0.3 is 26.2 Å². The Morgan fingerprint density at radius 1 is 1.40 bits per heavy atom. The van der Waals surface area contributed by atoms with Crippen molar-refractivity contribution >= 4 is 46.1 Å². The fourth-order valence-electron chi connectivity index (χ4n) is 3.37. The number of benzene rings is 1. The van der Waals surface area contributed by atoms with Crippen molar-refractivity contribution in [2.45, 2.75) is 24.4 Å². The maximum atomic E-state index is 12.0. The highest BCUT2D eigenvalue weighted by atomic mass is 35.5. The van der Waals surface area contributed by atoms with Crippen LogP contribution in [0.15, 0.2) is 30.9 Å². The van der Waals surface area contributed by atoms with E-state index in [-0.39, 0.29) is 6.61 Å². The third-order valence-corrected chi connectivity index (χ3v) is 5.65. The van der Waals surface area contributed by atoms with Gasteiger partial charge in [0.15, 0.2) is 28.8 Å². The summed E-state index contributed by atoms with van der Waals surface area (Å²) in [6.45, 7) is 0.159. The average Bonchev–Trinajstić information content (AvgIpc) is 3.31. The molecule has 158 valence electrons. The van der Waals surface area contributed by atoms with Crippen LogP contribution in [0.25, 0.3) is 11.2 Å². The Labute approximate surface area is 181 Å². The second-order valence-electron chi connectivity index (χ2n) is 6.85. The van der Waals surface area contributed by atoms with Crippen LogP contribution in [0.3, 0.4) is 0 Å². The van der Waals surface area contributed by atoms with Gasteiger partial charge in [-0.2, -0.15) is 0 Å². The average molecular weight is 452 g/mol. The molecule has 1 aliphatic rings. The standard InChI is InChI=1S/C18H19Cl2N7O3/c1-22-17(28)13-14(21)18(29,6-30-13)27-8-26-12-15(24-7-25-16(12)27)23-5-9-4-10(19)2-3-11(9)20/h2-4,7-8,13-14,29H,5-6,21H2,1H3,(H,22,28)(H,23,24,25)/t13-,14+,18-/m0/s1. The molecule has 0 unspecified atom stereocenters. The van der Waals surface area contributed by atoms with E-state index in [2.05, 4.69) is 25.6 Å². The number of hydrogen-bond acceptors (Lipinski definition) is 8. The van der Waals surface area contributed by atoms with E-state index < -0.39 is 23.8 Å². The van der Waals surface area contributed by atoms with Crippen molar-refractivity contribution in [3.8, 4) is 0 Å². The topological polar surface area (TPSA) is 140 Å². The van der Waals surface area contributed by atoms with Gasteiger partial charge in [0.25, 0.3) is 5.91 Å². The van der Waals surface area contributed by atoms with Gasteiger partial charge in [0.1, 0.15) is 6.33 Å². The van der Waals surface area contributed by atoms with E-state index in [1.165, 1.54) is 24.3 Å². The first-order chi connectivity index (χ1) is 14.3. The van der Waals surface area contributed by atoms with Crippen molar-refractivity contribution in [3.05, 3.63) is 46.5 Å². The molecular formula is C18H19Cl2N7O3. The predicted octanol–water partition coefficient (Wildman–Crippen LogP) is 0.862. The predicted molar refractivity (Wildman–Crippen MR) is 111 cm³/mol. The molecule has 2 aromatic heterocycles. The zero-order valence-corrected chi connectivity index (χ0v) is 17.4. The van der Waals surface area contributed by atoms with E-state index in [1.54, 1.807) is 18.2 Å². The summed E-state index contributed by atoms with van der Waals surface area (Å²) in [6, 6.07) is 4.15. The third kappa shape index (κ3) is 3.46. The molecule has 3 aromatic rings. The quantitative estimate of drug-likeness (QED) is 0.447. The summed E-state index contributed by atoms with van der Waals surface area (Å²) in [5.74, 6) is 0.0203. The largest absolute Gasteiger partial charge is 0.367 e. The molecule has 5 N–H and O–H groups in total. The van der Waals surface area contributed by atoms with E-state index >= 15 is 0 Å². The molecule has 0 aliphatic carbocycles. The second kappa shape index (κ2) is 7.97. The minimum absolute atomic E-state index is 0.192. The number of likely N-dealkylation sites (N-methyl/N-ethyl adjacent to an activating group) is 1. The lowest BCUT2D eigenvalue weighted by Crippen LogP contribution is -2.54. The van der Waals surface area contributed by atoms with Gasteiger partial charge in [0, 0.05) is 23.6 Å². The number of nitrogens with one attached hydrogen (secondary N) is 2. The van der Waals surface area contributed by atoms with Gasteiger partial charge in [-0.1, -0.05) is 23.2 Å². The van der Waals surface area contributed by atoms with Crippen molar-refractivity contribution < 1.29 is 14.6 Å². The number of halogens is 2. The molecular weight excluding hydrogens is 433 g/mol. The minimum Gasteiger partial charge on any atom is -0.367 e. The van der Waals surface area contributed by atoms with Crippen LogP contribution in [0.5, 0.6) is 0 Å². The summed E-state index contributed by atoms with van der Waals surface area (Å²) in [6.07, 6.45) is 1.73. The molecule has 1 saturated heterocycles. The Hall–Kier alpha value is -2.50. The van der Waals surface area contributed by atoms with Crippen molar-refractivity contribution in [1.82, 2.24) is 24.8 Å². The zero-order valence-electron chi connectivity index (χ0n) is 15.8. The monoisotopic (exact) mass is 451 g/mol. The van der Waals surface area contributed by atoms with Gasteiger partial charge in [0.2, 0.25) is 0 Å². The van der Waals surface area contributed by atoms with Crippen molar-refractivity contribution in [2.24, 2.45) is 5.73 Å². The van der Waals surface area contributed by atoms with Crippen LogP contribution in [-0.2, 0) is 21.8 Å². The van der Waals surface area contributed by atoms with Crippen molar-refractivity contribution in [1.29, 1.82) is 0 Å². The van der Waals surface area contributed by atoms with Gasteiger partial charge in [-0.25, -0.2) is 15.0 Å². The van der Waals surface area contributed by atoms with Gasteiger partial charge in [-0.05, 0) is 23.8 Å². The number of ether oxygens (including phenoxy) is 1. The summed E-state index contributed by atoms with van der Waals surface area (Å²) < 4.78 is 6.84. The summed E-state index contributed by atoms with van der Waals surface area (Å²) in [4.78, 5) is 24.8. The lowest BCUT2D eigenvalue weighted by Gasteiger charge is -2.28. The molecule has 0 radical (unpaired) electrons. The number of hydrogen-bond donors (Lipinski definition) is 4. The van der Waals surface area contributed by atoms with Gasteiger partial charge >= 0.3 is 0 Å². The molecule has 4 rings (SSSR count). The maximum Gasteiger partial charge on any atom is 0.250 e. The fraction of sp³-hybridized carbons (Fsp3) is 0.333. The van der Waals surface area contributed by atoms with Crippen LogP contribution in [-0.4, -0.2) is 56.3 Å². The van der Waals surface area contributed by atoms with Crippen molar-refractivity contribution in [3.63, 3.8) is 0 Å². The number of rotatable bonds is 5. The molecule has 0 bridgehead atoms. The normalized spacial score (nSPS) is 23.6. The van der Waals surface area contributed by atoms with E-state index in [0.29, 0.717) is 33.6 Å². The molecule has 1 aliphatic heterocycles. The van der Waals surface area contributed by atoms with Crippen LogP contribution in [0.4, 0.5) is 5.82 Å². The van der Waals surface area contributed by atoms with Crippen LogP contribution < -0.4 is 16.4 Å². The number of aliphatic hydroxyl groups is 1. The van der Waals surface area contributed by atoms with E-state index in [1.807, 2.05) is 0 Å². The Kier molecular flexibility index (Phi) is 5.51. The smallest absolute Gasteiger partial charge is 0.250 e. The molecule has 0 saturated carbocycles. The number of carbonyl (C=O) groups excluding carboxylic acids is 1. The number of amides is 1. The SMILES string of the molecule is CNC(=O)[C@H]1OC[C@@](O)(n2cnc3c(NCc4cc(Cl)ccc4Cl)ncnc32)[C@@H]1N. The first-order valence-corrected chi connectivity index (χ1v) is 9.78. The number of aromatic nitrogens is 4. The zero-order chi connectivity index (χ0) is 21.5. The molecule has 3 atom stereocenters. The number of anilines is 1. The van der Waals surface area contributed by atoms with Crippen LogP contribution in [0.2, 0.25) is 10.0 Å². The van der Waals surface area contributed by atoms with E-state index in [0.717, 1.165) is 5.56 Å². The molecule has 30 heavy (non-hydrogen) atoms. The van der Waals surface area contributed by atoms with Crippen LogP contribution >= 0.6 is 23.2 Å². The minimum atomic E-state index is -1.70. The van der Waals surface area contributed by atoms with Crippen molar-refractivity contribution in [2.75, 3.05) is 19.0 Å². The lowest BCUT2D eigenvalue weighted by molar-refractivity contribution is -0.130. The summed E-state index contributed by atoms with van der Waals surface area (Å²) in [5, 5.41) is 17.9. The van der Waals surface area contributed by atoms with Gasteiger partial charge in [0.05, 0.1) is 19.0 Å². The molecule has 3 heterocycles. The van der Waals surface area contributed by atoms with Crippen LogP contribution in [0.1, 0.15) is 5.56 Å². The first-order valence-electron chi connectivity index (χ1n) is 9.02. The summed E-state index contributed by atoms with van der Waals surface area (Å²) in [5.41, 5.74) is 5.99. The fourth-order valence-corrected chi connectivity index (χ4v) is 3.75. The highest BCUT2D eigenvalue weighted by Gasteiger charge is 2.51. The van der Waals surface area contributed by atoms with Gasteiger partial charge in [-0.15, -0.1) is 0 Å². The highest BCUT2D eigenvalue weighted by molar-refractivity contribution is 6.33. The lowest BCUT2D eigenvalue weighted by atomic mass is 10.0. The molecule has 1 amide bonds. The van der Waals surface area contributed by atoms with E-state index in [4.69, 9.17) is 33.7 Å². The summed E-state index contributed by atoms with van der Waals surface area (Å²) in [7, 11) is 1.47. The molecule has 12 heteroatoms. The Bertz CT molecular complexity index is 1110.